The van der Waals surface area contributed by atoms with Crippen LogP contribution < -0.4 is 0 Å². The van der Waals surface area contributed by atoms with Crippen molar-refractivity contribution in [3.63, 3.8) is 0 Å². The van der Waals surface area contributed by atoms with E-state index in [-0.39, 0.29) is 79.1 Å². The van der Waals surface area contributed by atoms with E-state index < -0.39 is 134 Å². The van der Waals surface area contributed by atoms with E-state index in [4.69, 9.17) is 61.6 Å². The maximum absolute atomic E-state index is 12.4. The number of fused-ring (bicyclic) bond motifs is 11. The van der Waals surface area contributed by atoms with Gasteiger partial charge >= 0.3 is 0 Å². The summed E-state index contributed by atoms with van der Waals surface area (Å²) in [6.07, 6.45) is 10.5. The van der Waals surface area contributed by atoms with Crippen molar-refractivity contribution in [2.75, 3.05) is 13.2 Å². The van der Waals surface area contributed by atoms with Gasteiger partial charge in [-0.05, 0) is 50.9 Å². The second kappa shape index (κ2) is 22.4. The maximum Gasteiger partial charge on any atom is 0.174 e. The SMILES string of the molecule is C[C@@H]1C[C@@H]2O[C@@H]3[C@@H](C)[C@H](O)[C@@H]4O[C@]5(C[C@H](O)CO5)[C@@H](C)[C@H](C)[C@H]4O[C@H]3C[C@H]2O[C@H]2C[C@H]3O[C@H]4C/C=C\C[C@H]5O[C@H]6C=C[C@H]7O[C@H]8[C@H](O)[C@H]9O[C@@H](/C=C/C(O)CO)C=CC[C@@H]9O[C@@H]8C[C@@H]7O[C@@H]6C=C[C@@H]5O[C@@H]4C[C@@H](O)[C@]3(C)O[C@@H]2C1. The smallest absolute Gasteiger partial charge is 0.174 e. The van der Waals surface area contributed by atoms with Crippen LogP contribution in [0.5, 0.6) is 0 Å². The summed E-state index contributed by atoms with van der Waals surface area (Å²) in [6, 6.07) is 0. The summed E-state index contributed by atoms with van der Waals surface area (Å²) < 4.78 is 89.0. The third kappa shape index (κ3) is 10.5. The van der Waals surface area contributed by atoms with Crippen molar-refractivity contribution < 1.29 is 92.2 Å². The van der Waals surface area contributed by atoms with Crippen molar-refractivity contribution >= 4 is 0 Å². The van der Waals surface area contributed by atoms with E-state index in [1.165, 1.54) is 6.08 Å². The van der Waals surface area contributed by atoms with Crippen LogP contribution >= 0.6 is 0 Å². The van der Waals surface area contributed by atoms with Gasteiger partial charge in [-0.3, -0.25) is 0 Å². The zero-order valence-corrected chi connectivity index (χ0v) is 46.1. The van der Waals surface area contributed by atoms with E-state index >= 15 is 0 Å². The van der Waals surface area contributed by atoms with Crippen molar-refractivity contribution in [2.24, 2.45) is 23.7 Å². The van der Waals surface area contributed by atoms with Crippen LogP contribution in [0.3, 0.4) is 0 Å². The highest BCUT2D eigenvalue weighted by molar-refractivity contribution is 5.18. The minimum absolute atomic E-state index is 0.0318. The topological polar surface area (TPSA) is 241 Å². The summed E-state index contributed by atoms with van der Waals surface area (Å²) in [6.45, 7) is 10.3. The van der Waals surface area contributed by atoms with Gasteiger partial charge in [0, 0.05) is 43.9 Å². The number of rotatable bonds is 3. The van der Waals surface area contributed by atoms with E-state index in [9.17, 15) is 30.6 Å². The molecular formula is C60H86O19. The molecule has 0 amide bonds. The predicted molar refractivity (Wildman–Crippen MR) is 279 cm³/mol. The molecule has 13 heterocycles. The fourth-order valence-corrected chi connectivity index (χ4v) is 15.9. The van der Waals surface area contributed by atoms with Crippen molar-refractivity contribution in [3.05, 3.63) is 60.8 Å². The Morgan fingerprint density at radius 1 is 0.519 bits per heavy atom. The molecule has 19 nitrogen and oxygen atoms in total. The molecular weight excluding hydrogens is 1020 g/mol. The van der Waals surface area contributed by atoms with E-state index in [2.05, 4.69) is 32.9 Å². The molecule has 6 N–H and O–H groups in total. The van der Waals surface area contributed by atoms with Gasteiger partial charge < -0.3 is 92.2 Å². The van der Waals surface area contributed by atoms with Crippen LogP contribution in [0.15, 0.2) is 60.8 Å². The third-order valence-corrected chi connectivity index (χ3v) is 20.6. The minimum atomic E-state index is -1.04. The number of aliphatic hydroxyl groups excluding tert-OH is 6. The molecule has 19 heteroatoms. The van der Waals surface area contributed by atoms with E-state index in [1.54, 1.807) is 6.08 Å². The van der Waals surface area contributed by atoms with Crippen molar-refractivity contribution in [2.45, 2.75) is 275 Å². The number of hydrogen-bond acceptors (Lipinski definition) is 19. The summed E-state index contributed by atoms with van der Waals surface area (Å²) in [7, 11) is 0. The van der Waals surface area contributed by atoms with Gasteiger partial charge in [-0.1, -0.05) is 88.5 Å². The number of ether oxygens (including phenoxy) is 13. The molecule has 440 valence electrons. The highest BCUT2D eigenvalue weighted by Gasteiger charge is 2.63. The van der Waals surface area contributed by atoms with Crippen molar-refractivity contribution in [3.8, 4) is 0 Å². The Bertz CT molecular complexity index is 2300. The first kappa shape index (κ1) is 56.1. The average Bonchev–Trinajstić information content (AvgIpc) is 3.66. The Balaban J connectivity index is 0.677. The van der Waals surface area contributed by atoms with Crippen LogP contribution in [0, 0.1) is 23.7 Å². The average molecular weight is 1110 g/mol. The van der Waals surface area contributed by atoms with Gasteiger partial charge in [0.05, 0.1) is 129 Å². The summed E-state index contributed by atoms with van der Waals surface area (Å²) in [5, 5.41) is 65.9. The van der Waals surface area contributed by atoms with Gasteiger partial charge in [-0.2, -0.15) is 0 Å². The van der Waals surface area contributed by atoms with Crippen LogP contribution in [-0.2, 0) is 61.6 Å². The Labute approximate surface area is 463 Å². The Hall–Kier alpha value is -2.06. The number of aliphatic hydroxyl groups is 6. The molecule has 33 atom stereocenters. The van der Waals surface area contributed by atoms with Crippen LogP contribution in [0.25, 0.3) is 0 Å². The first-order chi connectivity index (χ1) is 38.0. The predicted octanol–water partition coefficient (Wildman–Crippen LogP) is 2.97. The summed E-state index contributed by atoms with van der Waals surface area (Å²) >= 11 is 0. The molecule has 13 aliphatic rings. The molecule has 1 spiro atoms. The van der Waals surface area contributed by atoms with Crippen molar-refractivity contribution in [1.82, 2.24) is 0 Å². The quantitative estimate of drug-likeness (QED) is 0.223. The lowest BCUT2D eigenvalue weighted by Gasteiger charge is -2.53. The first-order valence-electron chi connectivity index (χ1n) is 30.0. The monoisotopic (exact) mass is 1110 g/mol. The molecule has 13 aliphatic heterocycles. The van der Waals surface area contributed by atoms with Gasteiger partial charge in [0.15, 0.2) is 5.79 Å². The molecule has 0 aromatic carbocycles. The van der Waals surface area contributed by atoms with E-state index in [0.717, 1.165) is 6.42 Å². The largest absolute Gasteiger partial charge is 0.393 e. The standard InChI is InChI=1S/C60H86O19/c1-28-19-42-44(22-48-54(76-42)30(3)52(65)58-55(77-48)29(2)31(4)60(79-58)25-33(63)27-67-60)73-46-24-51-59(5,78-47(46)20-28)50(64)23-45-36(74-51)11-7-6-10-35-37(71-45)15-16-39-38(69-35)17-18-40-43(70-39)21-49-57(75-40)53(66)56-41(72-49)12-8-9-34(68-56)14-13-32(62)26-61/h6-9,13-18,28-58,61-66H,10-12,19-27H2,1-5H3/b7-6-,14-13+/t28-,29+,30+,31+,32?,33+,34-,35-,36+,37+,38+,39-,40-,41+,42+,43+,44-,45-,46+,47-,48+,49-,50-,51-,52+,53-,54-,55-,56+,57-,58+,59+,60-/m1/s1. The minimum Gasteiger partial charge on any atom is -0.393 e. The Morgan fingerprint density at radius 3 is 1.91 bits per heavy atom. The maximum atomic E-state index is 12.4. The van der Waals surface area contributed by atoms with Crippen LogP contribution in [0.4, 0.5) is 0 Å². The van der Waals surface area contributed by atoms with Gasteiger partial charge in [0.1, 0.15) is 54.4 Å². The summed E-state index contributed by atoms with van der Waals surface area (Å²) in [4.78, 5) is 0. The number of hydrogen-bond donors (Lipinski definition) is 6. The lowest BCUT2D eigenvalue weighted by Crippen LogP contribution is -2.63. The summed E-state index contributed by atoms with van der Waals surface area (Å²) in [5.74, 6) is -1.19. The Morgan fingerprint density at radius 2 is 1.14 bits per heavy atom. The van der Waals surface area contributed by atoms with Gasteiger partial charge in [-0.25, -0.2) is 0 Å². The van der Waals surface area contributed by atoms with Crippen LogP contribution in [0.1, 0.15) is 98.8 Å². The van der Waals surface area contributed by atoms with Crippen LogP contribution in [0.2, 0.25) is 0 Å². The van der Waals surface area contributed by atoms with E-state index in [0.29, 0.717) is 57.8 Å². The lowest BCUT2D eigenvalue weighted by atomic mass is 9.75. The Kier molecular flexibility index (Phi) is 15.9. The molecule has 0 saturated carbocycles. The molecule has 0 aliphatic carbocycles. The zero-order chi connectivity index (χ0) is 54.6. The molecule has 79 heavy (non-hydrogen) atoms. The van der Waals surface area contributed by atoms with E-state index in [1.807, 2.05) is 50.3 Å². The van der Waals surface area contributed by atoms with Crippen molar-refractivity contribution in [1.29, 1.82) is 0 Å². The molecule has 13 rings (SSSR count). The fraction of sp³-hybridized carbons (Fsp3) is 0.833. The molecule has 9 fully saturated rings. The van der Waals surface area contributed by atoms with Crippen LogP contribution in [-0.4, -0.2) is 220 Å². The third-order valence-electron chi connectivity index (χ3n) is 20.6. The molecule has 1 unspecified atom stereocenters. The molecule has 9 saturated heterocycles. The molecule has 0 aromatic heterocycles. The molecule has 0 bridgehead atoms. The van der Waals surface area contributed by atoms with Gasteiger partial charge in [0.25, 0.3) is 0 Å². The van der Waals surface area contributed by atoms with Gasteiger partial charge in [-0.15, -0.1) is 0 Å². The second-order valence-electron chi connectivity index (χ2n) is 25.9. The molecule has 0 aromatic rings. The fourth-order valence-electron chi connectivity index (χ4n) is 15.9. The second-order valence-corrected chi connectivity index (χ2v) is 25.9. The zero-order valence-electron chi connectivity index (χ0n) is 46.1. The summed E-state index contributed by atoms with van der Waals surface area (Å²) in [5.41, 5.74) is -1.04. The first-order valence-corrected chi connectivity index (χ1v) is 30.0. The van der Waals surface area contributed by atoms with Gasteiger partial charge in [0.2, 0.25) is 0 Å². The highest BCUT2D eigenvalue weighted by atomic mass is 16.7. The normalized spacial score (nSPS) is 56.8. The lowest BCUT2D eigenvalue weighted by molar-refractivity contribution is -0.339. The molecule has 0 radical (unpaired) electrons. The highest BCUT2D eigenvalue weighted by Crippen LogP contribution is 2.52.